The van der Waals surface area contributed by atoms with Gasteiger partial charge in [0, 0.05) is 12.1 Å². The fourth-order valence-corrected chi connectivity index (χ4v) is 0.751. The zero-order chi connectivity index (χ0) is 8.97. The van der Waals surface area contributed by atoms with Crippen LogP contribution in [-0.2, 0) is 0 Å². The van der Waals surface area contributed by atoms with E-state index in [-0.39, 0.29) is 6.10 Å². The fraction of sp³-hybridized carbons (Fsp3) is 0.444. The number of methoxy groups -OCH3 is 1. The molecule has 0 aliphatic rings. The SMILES string of the molecule is COc1cc[c]c(OC(C)C)n1. The minimum absolute atomic E-state index is 0.112. The van der Waals surface area contributed by atoms with Gasteiger partial charge in [0.1, 0.15) is 0 Å². The Morgan fingerprint density at radius 1 is 1.50 bits per heavy atom. The van der Waals surface area contributed by atoms with Crippen molar-refractivity contribution < 1.29 is 9.47 Å². The van der Waals surface area contributed by atoms with Crippen LogP contribution in [0.2, 0.25) is 0 Å². The van der Waals surface area contributed by atoms with Gasteiger partial charge in [-0.15, -0.1) is 0 Å². The first kappa shape index (κ1) is 8.84. The summed E-state index contributed by atoms with van der Waals surface area (Å²) >= 11 is 0. The fourth-order valence-electron chi connectivity index (χ4n) is 0.751. The van der Waals surface area contributed by atoms with E-state index in [0.29, 0.717) is 11.8 Å². The highest BCUT2D eigenvalue weighted by Crippen LogP contribution is 2.12. The second-order valence-corrected chi connectivity index (χ2v) is 2.60. The second kappa shape index (κ2) is 3.95. The molecule has 1 heterocycles. The van der Waals surface area contributed by atoms with E-state index < -0.39 is 0 Å². The van der Waals surface area contributed by atoms with Gasteiger partial charge in [0.05, 0.1) is 13.2 Å². The summed E-state index contributed by atoms with van der Waals surface area (Å²) in [6.45, 7) is 3.88. The van der Waals surface area contributed by atoms with Gasteiger partial charge in [-0.2, -0.15) is 4.98 Å². The summed E-state index contributed by atoms with van der Waals surface area (Å²) < 4.78 is 10.2. The van der Waals surface area contributed by atoms with E-state index in [1.54, 1.807) is 19.2 Å². The van der Waals surface area contributed by atoms with Crippen LogP contribution < -0.4 is 9.47 Å². The van der Waals surface area contributed by atoms with E-state index in [4.69, 9.17) is 9.47 Å². The maximum Gasteiger partial charge on any atom is 0.225 e. The number of nitrogens with zero attached hydrogens (tertiary/aromatic N) is 1. The molecule has 0 aliphatic heterocycles. The number of aromatic nitrogens is 1. The molecule has 1 aromatic heterocycles. The third-order valence-corrected chi connectivity index (χ3v) is 1.20. The Hall–Kier alpha value is -1.25. The Bertz CT molecular complexity index is 248. The van der Waals surface area contributed by atoms with Crippen LogP contribution in [0.15, 0.2) is 12.1 Å². The van der Waals surface area contributed by atoms with E-state index in [1.807, 2.05) is 13.8 Å². The van der Waals surface area contributed by atoms with Gasteiger partial charge in [-0.05, 0) is 19.9 Å². The van der Waals surface area contributed by atoms with Crippen LogP contribution in [0.3, 0.4) is 0 Å². The molecule has 0 saturated heterocycles. The summed E-state index contributed by atoms with van der Waals surface area (Å²) in [5, 5.41) is 0. The lowest BCUT2D eigenvalue weighted by Crippen LogP contribution is -2.07. The molecule has 0 N–H and O–H groups in total. The molecule has 0 spiro atoms. The Kier molecular flexibility index (Phi) is 2.91. The molecule has 0 aliphatic carbocycles. The lowest BCUT2D eigenvalue weighted by Gasteiger charge is -2.08. The van der Waals surface area contributed by atoms with Gasteiger partial charge in [-0.25, -0.2) is 0 Å². The lowest BCUT2D eigenvalue weighted by molar-refractivity contribution is 0.229. The topological polar surface area (TPSA) is 31.4 Å². The van der Waals surface area contributed by atoms with Crippen molar-refractivity contribution >= 4 is 0 Å². The van der Waals surface area contributed by atoms with E-state index in [0.717, 1.165) is 0 Å². The van der Waals surface area contributed by atoms with Gasteiger partial charge in [0.25, 0.3) is 0 Å². The first-order valence-corrected chi connectivity index (χ1v) is 3.81. The number of hydrogen-bond acceptors (Lipinski definition) is 3. The monoisotopic (exact) mass is 166 g/mol. The van der Waals surface area contributed by atoms with Crippen molar-refractivity contribution in [2.75, 3.05) is 7.11 Å². The standard InChI is InChI=1S/C9H12NO2/c1-7(2)12-9-6-4-5-8(10-9)11-3/h4-5,7H,1-3H3. The van der Waals surface area contributed by atoms with E-state index in [1.165, 1.54) is 0 Å². The van der Waals surface area contributed by atoms with Crippen LogP contribution >= 0.6 is 0 Å². The van der Waals surface area contributed by atoms with E-state index >= 15 is 0 Å². The van der Waals surface area contributed by atoms with Gasteiger partial charge in [-0.1, -0.05) is 0 Å². The molecule has 0 fully saturated rings. The molecule has 0 atom stereocenters. The molecule has 0 bridgehead atoms. The van der Waals surface area contributed by atoms with E-state index in [2.05, 4.69) is 11.1 Å². The smallest absolute Gasteiger partial charge is 0.225 e. The average molecular weight is 166 g/mol. The van der Waals surface area contributed by atoms with Crippen molar-refractivity contribution in [3.05, 3.63) is 18.2 Å². The first-order chi connectivity index (χ1) is 5.72. The van der Waals surface area contributed by atoms with Crippen LogP contribution in [0.1, 0.15) is 13.8 Å². The predicted octanol–water partition coefficient (Wildman–Crippen LogP) is 1.68. The molecule has 0 amide bonds. The number of hydrogen-bond donors (Lipinski definition) is 0. The largest absolute Gasteiger partial charge is 0.481 e. The summed E-state index contributed by atoms with van der Waals surface area (Å²) in [6.07, 6.45) is 0.112. The second-order valence-electron chi connectivity index (χ2n) is 2.60. The van der Waals surface area contributed by atoms with Crippen molar-refractivity contribution in [1.82, 2.24) is 4.98 Å². The van der Waals surface area contributed by atoms with Crippen LogP contribution in [0.4, 0.5) is 0 Å². The normalized spacial score (nSPS) is 10.0. The van der Waals surface area contributed by atoms with Gasteiger partial charge >= 0.3 is 0 Å². The summed E-state index contributed by atoms with van der Waals surface area (Å²) in [7, 11) is 1.57. The molecule has 3 heteroatoms. The van der Waals surface area contributed by atoms with Crippen LogP contribution in [0.25, 0.3) is 0 Å². The minimum atomic E-state index is 0.112. The molecule has 65 valence electrons. The zero-order valence-corrected chi connectivity index (χ0v) is 7.50. The zero-order valence-electron chi connectivity index (χ0n) is 7.50. The molecule has 1 rings (SSSR count). The van der Waals surface area contributed by atoms with Crippen molar-refractivity contribution in [3.63, 3.8) is 0 Å². The third-order valence-electron chi connectivity index (χ3n) is 1.20. The van der Waals surface area contributed by atoms with Crippen molar-refractivity contribution in [1.29, 1.82) is 0 Å². The van der Waals surface area contributed by atoms with Gasteiger partial charge < -0.3 is 9.47 Å². The van der Waals surface area contributed by atoms with Crippen LogP contribution in [0.5, 0.6) is 11.8 Å². The number of ether oxygens (including phenoxy) is 2. The summed E-state index contributed by atoms with van der Waals surface area (Å²) in [4.78, 5) is 4.03. The molecule has 0 unspecified atom stereocenters. The van der Waals surface area contributed by atoms with Gasteiger partial charge in [-0.3, -0.25) is 0 Å². The molecular formula is C9H12NO2. The number of pyridine rings is 1. The molecule has 1 radical (unpaired) electrons. The third kappa shape index (κ3) is 2.42. The van der Waals surface area contributed by atoms with Crippen molar-refractivity contribution in [2.45, 2.75) is 20.0 Å². The lowest BCUT2D eigenvalue weighted by atomic mass is 10.4. The highest BCUT2D eigenvalue weighted by Gasteiger charge is 2.00. The highest BCUT2D eigenvalue weighted by molar-refractivity contribution is 5.18. The van der Waals surface area contributed by atoms with Crippen molar-refractivity contribution in [3.8, 4) is 11.8 Å². The Morgan fingerprint density at radius 2 is 2.25 bits per heavy atom. The summed E-state index contributed by atoms with van der Waals surface area (Å²) in [5.74, 6) is 1.02. The molecule has 12 heavy (non-hydrogen) atoms. The molecular weight excluding hydrogens is 154 g/mol. The maximum atomic E-state index is 5.31. The quantitative estimate of drug-likeness (QED) is 0.684. The van der Waals surface area contributed by atoms with Crippen LogP contribution in [0, 0.1) is 6.07 Å². The Labute approximate surface area is 72.3 Å². The van der Waals surface area contributed by atoms with Crippen LogP contribution in [-0.4, -0.2) is 18.2 Å². The molecule has 3 nitrogen and oxygen atoms in total. The first-order valence-electron chi connectivity index (χ1n) is 3.81. The maximum absolute atomic E-state index is 5.31. The highest BCUT2D eigenvalue weighted by atomic mass is 16.5. The molecule has 1 aromatic rings. The number of rotatable bonds is 3. The van der Waals surface area contributed by atoms with Crippen molar-refractivity contribution in [2.24, 2.45) is 0 Å². The van der Waals surface area contributed by atoms with Gasteiger partial charge in [0.2, 0.25) is 11.8 Å². The average Bonchev–Trinajstić information content (AvgIpc) is 2.03. The molecule has 0 saturated carbocycles. The molecule has 0 aromatic carbocycles. The predicted molar refractivity (Wildman–Crippen MR) is 45.4 cm³/mol. The summed E-state index contributed by atoms with van der Waals surface area (Å²) in [5.41, 5.74) is 0. The minimum Gasteiger partial charge on any atom is -0.481 e. The van der Waals surface area contributed by atoms with Gasteiger partial charge in [0.15, 0.2) is 0 Å². The Morgan fingerprint density at radius 3 is 2.83 bits per heavy atom. The summed E-state index contributed by atoms with van der Waals surface area (Å²) in [6, 6.07) is 6.32. The van der Waals surface area contributed by atoms with E-state index in [9.17, 15) is 0 Å². The Balaban J connectivity index is 2.72.